The van der Waals surface area contributed by atoms with Gasteiger partial charge in [-0.05, 0) is 6.07 Å². The molecule has 3 aromatic heterocycles. The molecule has 0 spiro atoms. The van der Waals surface area contributed by atoms with Crippen LogP contribution in [0.25, 0.3) is 4.96 Å². The highest BCUT2D eigenvalue weighted by Crippen LogP contribution is 2.18. The first-order valence-electron chi connectivity index (χ1n) is 5.42. The smallest absolute Gasteiger partial charge is 0.234 e. The van der Waals surface area contributed by atoms with Gasteiger partial charge in [0.2, 0.25) is 4.96 Å². The molecular formula is C10H12N6S. The number of rotatable bonds is 3. The van der Waals surface area contributed by atoms with Crippen LogP contribution in [0.5, 0.6) is 0 Å². The Kier molecular flexibility index (Phi) is 2.40. The van der Waals surface area contributed by atoms with E-state index in [-0.39, 0.29) is 0 Å². The van der Waals surface area contributed by atoms with E-state index in [0.717, 1.165) is 15.8 Å². The van der Waals surface area contributed by atoms with Gasteiger partial charge in [0.05, 0.1) is 6.54 Å². The molecule has 3 rings (SSSR count). The third-order valence-electron chi connectivity index (χ3n) is 2.43. The van der Waals surface area contributed by atoms with E-state index in [2.05, 4.69) is 34.2 Å². The molecule has 0 amide bonds. The zero-order chi connectivity index (χ0) is 11.8. The van der Waals surface area contributed by atoms with Crippen molar-refractivity contribution >= 4 is 16.3 Å². The van der Waals surface area contributed by atoms with Crippen LogP contribution in [0.4, 0.5) is 0 Å². The molecule has 0 saturated carbocycles. The molecule has 0 bridgehead atoms. The van der Waals surface area contributed by atoms with Crippen molar-refractivity contribution in [2.45, 2.75) is 26.3 Å². The predicted molar refractivity (Wildman–Crippen MR) is 64.1 cm³/mol. The summed E-state index contributed by atoms with van der Waals surface area (Å²) in [5.41, 5.74) is 0. The summed E-state index contributed by atoms with van der Waals surface area (Å²) in [6, 6.07) is 1.90. The number of nitrogens with zero attached hydrogens (tertiary/aromatic N) is 6. The summed E-state index contributed by atoms with van der Waals surface area (Å²) in [7, 11) is 0. The first kappa shape index (κ1) is 10.4. The number of fused-ring (bicyclic) bond motifs is 1. The lowest BCUT2D eigenvalue weighted by molar-refractivity contribution is 0.660. The fourth-order valence-corrected chi connectivity index (χ4v) is 2.46. The van der Waals surface area contributed by atoms with Gasteiger partial charge in [0.15, 0.2) is 5.82 Å². The maximum Gasteiger partial charge on any atom is 0.234 e. The van der Waals surface area contributed by atoms with E-state index in [1.807, 2.05) is 21.5 Å². The monoisotopic (exact) mass is 248 g/mol. The Morgan fingerprint density at radius 3 is 2.94 bits per heavy atom. The highest BCUT2D eigenvalue weighted by atomic mass is 32.1. The maximum atomic E-state index is 4.52. The van der Waals surface area contributed by atoms with Crippen molar-refractivity contribution in [1.29, 1.82) is 0 Å². The number of hydrogen-bond acceptors (Lipinski definition) is 5. The van der Waals surface area contributed by atoms with E-state index in [0.29, 0.717) is 12.5 Å². The van der Waals surface area contributed by atoms with Crippen molar-refractivity contribution in [1.82, 2.24) is 29.6 Å². The Balaban J connectivity index is 1.97. The SMILES string of the molecule is CC(C)c1nnc2sc(Cn3cccn3)nn12. The van der Waals surface area contributed by atoms with Gasteiger partial charge in [0, 0.05) is 18.3 Å². The molecule has 0 aliphatic carbocycles. The summed E-state index contributed by atoms with van der Waals surface area (Å²) < 4.78 is 3.68. The predicted octanol–water partition coefficient (Wildman–Crippen LogP) is 1.55. The van der Waals surface area contributed by atoms with Crippen molar-refractivity contribution in [3.8, 4) is 0 Å². The second kappa shape index (κ2) is 3.92. The maximum absolute atomic E-state index is 4.52. The van der Waals surface area contributed by atoms with Gasteiger partial charge in [0.1, 0.15) is 5.01 Å². The molecule has 0 N–H and O–H groups in total. The minimum absolute atomic E-state index is 0.324. The zero-order valence-electron chi connectivity index (χ0n) is 9.61. The van der Waals surface area contributed by atoms with Crippen LogP contribution in [0.2, 0.25) is 0 Å². The van der Waals surface area contributed by atoms with Crippen LogP contribution >= 0.6 is 11.3 Å². The quantitative estimate of drug-likeness (QED) is 0.705. The molecule has 0 fully saturated rings. The summed E-state index contributed by atoms with van der Waals surface area (Å²) in [6.07, 6.45) is 3.69. The average Bonchev–Trinajstić information content (AvgIpc) is 2.92. The summed E-state index contributed by atoms with van der Waals surface area (Å²) in [5.74, 6) is 1.23. The highest BCUT2D eigenvalue weighted by molar-refractivity contribution is 7.16. The van der Waals surface area contributed by atoms with Crippen LogP contribution in [0.1, 0.15) is 30.6 Å². The summed E-state index contributed by atoms with van der Waals surface area (Å²) in [4.78, 5) is 0.843. The lowest BCUT2D eigenvalue weighted by Crippen LogP contribution is -2.02. The van der Waals surface area contributed by atoms with Gasteiger partial charge in [-0.1, -0.05) is 25.2 Å². The van der Waals surface area contributed by atoms with Gasteiger partial charge in [-0.2, -0.15) is 14.7 Å². The van der Waals surface area contributed by atoms with Crippen LogP contribution in [-0.4, -0.2) is 29.6 Å². The summed E-state index contributed by atoms with van der Waals surface area (Å²) >= 11 is 1.55. The molecule has 17 heavy (non-hydrogen) atoms. The zero-order valence-corrected chi connectivity index (χ0v) is 10.4. The summed E-state index contributed by atoms with van der Waals surface area (Å²) in [5, 5.41) is 17.9. The number of hydrogen-bond donors (Lipinski definition) is 0. The first-order chi connectivity index (χ1) is 8.24. The van der Waals surface area contributed by atoms with Gasteiger partial charge in [-0.25, -0.2) is 0 Å². The van der Waals surface area contributed by atoms with Crippen molar-refractivity contribution in [2.24, 2.45) is 0 Å². The Labute approximate surface area is 102 Å². The summed E-state index contributed by atoms with van der Waals surface area (Å²) in [6.45, 7) is 4.85. The fourth-order valence-electron chi connectivity index (χ4n) is 1.63. The highest BCUT2D eigenvalue weighted by Gasteiger charge is 2.14. The molecule has 0 atom stereocenters. The molecule has 0 radical (unpaired) electrons. The van der Waals surface area contributed by atoms with E-state index in [9.17, 15) is 0 Å². The van der Waals surface area contributed by atoms with Crippen molar-refractivity contribution in [2.75, 3.05) is 0 Å². The molecule has 0 aromatic carbocycles. The molecule has 3 heterocycles. The van der Waals surface area contributed by atoms with E-state index < -0.39 is 0 Å². The normalized spacial score (nSPS) is 11.7. The molecule has 0 aliphatic heterocycles. The van der Waals surface area contributed by atoms with Crippen molar-refractivity contribution in [3.63, 3.8) is 0 Å². The van der Waals surface area contributed by atoms with E-state index >= 15 is 0 Å². The molecule has 3 aromatic rings. The first-order valence-corrected chi connectivity index (χ1v) is 6.24. The average molecular weight is 248 g/mol. The standard InChI is InChI=1S/C10H12N6S/c1-7(2)9-12-13-10-16(9)14-8(17-10)6-15-5-3-4-11-15/h3-5,7H,6H2,1-2H3. The second-order valence-electron chi connectivity index (χ2n) is 4.11. The molecule has 0 unspecified atom stereocenters. The van der Waals surface area contributed by atoms with E-state index in [1.54, 1.807) is 17.5 Å². The van der Waals surface area contributed by atoms with Crippen LogP contribution in [0.15, 0.2) is 18.5 Å². The molecule has 7 heteroatoms. The fraction of sp³-hybridized carbons (Fsp3) is 0.400. The van der Waals surface area contributed by atoms with Gasteiger partial charge < -0.3 is 0 Å². The lowest BCUT2D eigenvalue weighted by Gasteiger charge is -1.98. The molecular weight excluding hydrogens is 236 g/mol. The topological polar surface area (TPSA) is 60.9 Å². The molecule has 0 aliphatic rings. The third kappa shape index (κ3) is 1.82. The van der Waals surface area contributed by atoms with E-state index in [4.69, 9.17) is 0 Å². The van der Waals surface area contributed by atoms with Crippen LogP contribution in [-0.2, 0) is 6.54 Å². The van der Waals surface area contributed by atoms with Gasteiger partial charge in [0.25, 0.3) is 0 Å². The Morgan fingerprint density at radius 1 is 1.35 bits per heavy atom. The Hall–Kier alpha value is -1.76. The van der Waals surface area contributed by atoms with Crippen molar-refractivity contribution in [3.05, 3.63) is 29.3 Å². The van der Waals surface area contributed by atoms with E-state index in [1.165, 1.54) is 0 Å². The minimum atomic E-state index is 0.324. The third-order valence-corrected chi connectivity index (χ3v) is 3.31. The largest absolute Gasteiger partial charge is 0.266 e. The van der Waals surface area contributed by atoms with Crippen LogP contribution in [0, 0.1) is 0 Å². The lowest BCUT2D eigenvalue weighted by atomic mass is 10.2. The van der Waals surface area contributed by atoms with Crippen LogP contribution < -0.4 is 0 Å². The number of aromatic nitrogens is 6. The molecule has 0 saturated heterocycles. The minimum Gasteiger partial charge on any atom is -0.266 e. The molecule has 6 nitrogen and oxygen atoms in total. The van der Waals surface area contributed by atoms with Crippen molar-refractivity contribution < 1.29 is 0 Å². The van der Waals surface area contributed by atoms with Crippen LogP contribution in [0.3, 0.4) is 0 Å². The Morgan fingerprint density at radius 2 is 2.24 bits per heavy atom. The van der Waals surface area contributed by atoms with Gasteiger partial charge >= 0.3 is 0 Å². The molecule has 88 valence electrons. The Bertz CT molecular complexity index is 620. The van der Waals surface area contributed by atoms with Gasteiger partial charge in [-0.15, -0.1) is 10.2 Å². The van der Waals surface area contributed by atoms with Gasteiger partial charge in [-0.3, -0.25) is 4.68 Å². The second-order valence-corrected chi connectivity index (χ2v) is 5.15.